The molecule has 0 saturated carbocycles. The van der Waals surface area contributed by atoms with Gasteiger partial charge in [-0.25, -0.2) is 4.21 Å². The molecule has 0 spiro atoms. The van der Waals surface area contributed by atoms with Crippen LogP contribution in [0.5, 0.6) is 0 Å². The molecule has 0 aliphatic carbocycles. The van der Waals surface area contributed by atoms with E-state index in [1.165, 1.54) is 0 Å². The minimum Gasteiger partial charge on any atom is -0.750 e. The van der Waals surface area contributed by atoms with Crippen molar-refractivity contribution < 1.29 is 17.7 Å². The molecule has 0 radical (unpaired) electrons. The van der Waals surface area contributed by atoms with Gasteiger partial charge in [0, 0.05) is 13.0 Å². The van der Waals surface area contributed by atoms with E-state index in [2.05, 4.69) is 4.18 Å². The van der Waals surface area contributed by atoms with Crippen molar-refractivity contribution >= 4 is 11.4 Å². The number of ether oxygens (including phenoxy) is 1. The summed E-state index contributed by atoms with van der Waals surface area (Å²) in [6.07, 6.45) is 0.428. The molecule has 0 aromatic rings. The molecule has 1 aliphatic rings. The van der Waals surface area contributed by atoms with Crippen molar-refractivity contribution in [2.45, 2.75) is 12.5 Å². The summed E-state index contributed by atoms with van der Waals surface area (Å²) in [4.78, 5) is 0. The SMILES string of the molecule is O=S([O-])O[C@@H]1CCOC1. The quantitative estimate of drug-likeness (QED) is 0.503. The van der Waals surface area contributed by atoms with Gasteiger partial charge in [-0.3, -0.25) is 4.18 Å². The fourth-order valence-electron chi connectivity index (χ4n) is 0.700. The van der Waals surface area contributed by atoms with Crippen LogP contribution in [-0.2, 0) is 20.3 Å². The van der Waals surface area contributed by atoms with Crippen LogP contribution in [0.1, 0.15) is 6.42 Å². The van der Waals surface area contributed by atoms with Crippen LogP contribution in [0, 0.1) is 0 Å². The molecule has 0 aromatic heterocycles. The monoisotopic (exact) mass is 151 g/mol. The van der Waals surface area contributed by atoms with Gasteiger partial charge in [-0.2, -0.15) is 0 Å². The number of hydrogen-bond donors (Lipinski definition) is 0. The zero-order valence-corrected chi connectivity index (χ0v) is 5.56. The third kappa shape index (κ3) is 2.40. The zero-order valence-electron chi connectivity index (χ0n) is 4.74. The summed E-state index contributed by atoms with van der Waals surface area (Å²) in [6, 6.07) is 0. The second kappa shape index (κ2) is 3.26. The van der Waals surface area contributed by atoms with E-state index in [-0.39, 0.29) is 6.10 Å². The largest absolute Gasteiger partial charge is 0.750 e. The first kappa shape index (κ1) is 7.14. The van der Waals surface area contributed by atoms with E-state index in [9.17, 15) is 8.76 Å². The Labute approximate surface area is 55.6 Å². The molecule has 0 bridgehead atoms. The standard InChI is InChI=1S/C4H8O4S/c5-9(6)8-4-1-2-7-3-4/h4H,1-3H2,(H,5,6)/p-1/t4-/m1/s1. The predicted octanol–water partition coefficient (Wildman–Crippen LogP) is -0.414. The van der Waals surface area contributed by atoms with Crippen molar-refractivity contribution in [3.05, 3.63) is 0 Å². The molecule has 2 atom stereocenters. The lowest BCUT2D eigenvalue weighted by Gasteiger charge is -2.09. The average Bonchev–Trinajstić information content (AvgIpc) is 2.15. The van der Waals surface area contributed by atoms with Crippen molar-refractivity contribution in [2.24, 2.45) is 0 Å². The Kier molecular flexibility index (Phi) is 2.59. The van der Waals surface area contributed by atoms with Crippen molar-refractivity contribution in [3.63, 3.8) is 0 Å². The molecule has 0 N–H and O–H groups in total. The Bertz CT molecular complexity index is 109. The number of hydrogen-bond acceptors (Lipinski definition) is 4. The van der Waals surface area contributed by atoms with Crippen LogP contribution in [0.25, 0.3) is 0 Å². The summed E-state index contributed by atoms with van der Waals surface area (Å²) in [6.45, 7) is 0.996. The van der Waals surface area contributed by atoms with Crippen molar-refractivity contribution in [3.8, 4) is 0 Å². The van der Waals surface area contributed by atoms with Gasteiger partial charge < -0.3 is 9.29 Å². The van der Waals surface area contributed by atoms with Crippen LogP contribution in [0.15, 0.2) is 0 Å². The third-order valence-electron chi connectivity index (χ3n) is 1.10. The van der Waals surface area contributed by atoms with E-state index in [0.29, 0.717) is 19.6 Å². The van der Waals surface area contributed by atoms with Crippen molar-refractivity contribution in [2.75, 3.05) is 13.2 Å². The highest BCUT2D eigenvalue weighted by Crippen LogP contribution is 2.08. The summed E-state index contributed by atoms with van der Waals surface area (Å²) < 4.78 is 29.0. The zero-order chi connectivity index (χ0) is 6.69. The highest BCUT2D eigenvalue weighted by molar-refractivity contribution is 7.74. The Balaban J connectivity index is 2.19. The molecule has 1 fully saturated rings. The highest BCUT2D eigenvalue weighted by atomic mass is 32.2. The second-order valence-electron chi connectivity index (χ2n) is 1.79. The van der Waals surface area contributed by atoms with Gasteiger partial charge in [0.1, 0.15) is 0 Å². The fourth-order valence-corrected chi connectivity index (χ4v) is 1.07. The lowest BCUT2D eigenvalue weighted by atomic mass is 10.3. The molecule has 1 heterocycles. The minimum absolute atomic E-state index is 0.247. The Morgan fingerprint density at radius 3 is 3.00 bits per heavy atom. The second-order valence-corrected chi connectivity index (χ2v) is 2.39. The van der Waals surface area contributed by atoms with E-state index >= 15 is 0 Å². The molecule has 1 saturated heterocycles. The summed E-state index contributed by atoms with van der Waals surface area (Å²) in [5, 5.41) is 0. The molecule has 1 aliphatic heterocycles. The summed E-state index contributed by atoms with van der Waals surface area (Å²) >= 11 is -2.39. The Morgan fingerprint density at radius 1 is 1.78 bits per heavy atom. The van der Waals surface area contributed by atoms with E-state index in [4.69, 9.17) is 4.74 Å². The predicted molar refractivity (Wildman–Crippen MR) is 29.2 cm³/mol. The molecule has 1 rings (SSSR count). The van der Waals surface area contributed by atoms with Gasteiger partial charge in [-0.1, -0.05) is 0 Å². The van der Waals surface area contributed by atoms with Crippen LogP contribution < -0.4 is 0 Å². The van der Waals surface area contributed by atoms with Gasteiger partial charge >= 0.3 is 0 Å². The maximum Gasteiger partial charge on any atom is 0.0992 e. The summed E-state index contributed by atoms with van der Waals surface area (Å²) in [5.41, 5.74) is 0. The van der Waals surface area contributed by atoms with Crippen LogP contribution in [-0.4, -0.2) is 28.1 Å². The third-order valence-corrected chi connectivity index (χ3v) is 1.53. The summed E-state index contributed by atoms with van der Waals surface area (Å²) in [7, 11) is 0. The Hall–Kier alpha value is 0.0300. The van der Waals surface area contributed by atoms with Crippen LogP contribution in [0.3, 0.4) is 0 Å². The van der Waals surface area contributed by atoms with Gasteiger partial charge in [-0.15, -0.1) is 0 Å². The molecular formula is C4H7O4S-. The van der Waals surface area contributed by atoms with Gasteiger partial charge in [0.25, 0.3) is 0 Å². The highest BCUT2D eigenvalue weighted by Gasteiger charge is 2.15. The molecule has 54 valence electrons. The lowest BCUT2D eigenvalue weighted by molar-refractivity contribution is 0.142. The van der Waals surface area contributed by atoms with Gasteiger partial charge in [0.05, 0.1) is 24.1 Å². The first-order valence-corrected chi connectivity index (χ1v) is 3.63. The molecule has 1 unspecified atom stereocenters. The normalized spacial score (nSPS) is 30.6. The number of rotatable bonds is 2. The van der Waals surface area contributed by atoms with Gasteiger partial charge in [0.2, 0.25) is 0 Å². The fraction of sp³-hybridized carbons (Fsp3) is 1.00. The summed E-state index contributed by atoms with van der Waals surface area (Å²) in [5.74, 6) is 0. The molecule has 0 amide bonds. The van der Waals surface area contributed by atoms with Gasteiger partial charge in [-0.05, 0) is 0 Å². The molecule has 9 heavy (non-hydrogen) atoms. The van der Waals surface area contributed by atoms with E-state index in [1.54, 1.807) is 0 Å². The Morgan fingerprint density at radius 2 is 2.56 bits per heavy atom. The maximum absolute atomic E-state index is 9.88. The minimum atomic E-state index is -2.39. The van der Waals surface area contributed by atoms with E-state index in [1.807, 2.05) is 0 Å². The van der Waals surface area contributed by atoms with E-state index in [0.717, 1.165) is 0 Å². The topological polar surface area (TPSA) is 58.6 Å². The maximum atomic E-state index is 9.88. The van der Waals surface area contributed by atoms with Gasteiger partial charge in [0.15, 0.2) is 0 Å². The van der Waals surface area contributed by atoms with Crippen molar-refractivity contribution in [1.29, 1.82) is 0 Å². The molecule has 5 heteroatoms. The smallest absolute Gasteiger partial charge is 0.0992 e. The average molecular weight is 151 g/mol. The van der Waals surface area contributed by atoms with E-state index < -0.39 is 11.4 Å². The van der Waals surface area contributed by atoms with Crippen LogP contribution >= 0.6 is 0 Å². The molecule has 0 aromatic carbocycles. The molecular weight excluding hydrogens is 144 g/mol. The first-order valence-electron chi connectivity index (χ1n) is 2.63. The first-order chi connectivity index (χ1) is 4.29. The van der Waals surface area contributed by atoms with Crippen LogP contribution in [0.2, 0.25) is 0 Å². The lowest BCUT2D eigenvalue weighted by Crippen LogP contribution is -2.13. The molecule has 4 nitrogen and oxygen atoms in total. The van der Waals surface area contributed by atoms with Crippen molar-refractivity contribution in [1.82, 2.24) is 0 Å². The van der Waals surface area contributed by atoms with Crippen LogP contribution in [0.4, 0.5) is 0 Å².